The molecule has 0 radical (unpaired) electrons. The molecule has 3 heteroatoms. The predicted octanol–water partition coefficient (Wildman–Crippen LogP) is 1.25. The van der Waals surface area contributed by atoms with Crippen LogP contribution in [0.25, 0.3) is 0 Å². The molecule has 1 atom stereocenters. The second-order valence-electron chi connectivity index (χ2n) is 3.03. The zero-order valence-electron chi connectivity index (χ0n) is 7.17. The SMILES string of the molecule is Cc1ccc(C2COCCN2)o1. The van der Waals surface area contributed by atoms with Crippen LogP contribution >= 0.6 is 0 Å². The Morgan fingerprint density at radius 2 is 2.42 bits per heavy atom. The number of furan rings is 1. The molecule has 1 aliphatic heterocycles. The summed E-state index contributed by atoms with van der Waals surface area (Å²) in [4.78, 5) is 0. The molecule has 1 saturated heterocycles. The Balaban J connectivity index is 2.08. The Kier molecular flexibility index (Phi) is 2.15. The Bertz CT molecular complexity index is 251. The van der Waals surface area contributed by atoms with Crippen LogP contribution in [-0.2, 0) is 4.74 Å². The van der Waals surface area contributed by atoms with Crippen molar-refractivity contribution >= 4 is 0 Å². The van der Waals surface area contributed by atoms with Crippen LogP contribution in [-0.4, -0.2) is 19.8 Å². The molecule has 1 unspecified atom stereocenters. The number of rotatable bonds is 1. The van der Waals surface area contributed by atoms with Gasteiger partial charge < -0.3 is 14.5 Å². The van der Waals surface area contributed by atoms with Crippen molar-refractivity contribution in [1.29, 1.82) is 0 Å². The van der Waals surface area contributed by atoms with Crippen LogP contribution in [0.4, 0.5) is 0 Å². The Morgan fingerprint density at radius 3 is 3.00 bits per heavy atom. The van der Waals surface area contributed by atoms with Gasteiger partial charge in [0, 0.05) is 6.54 Å². The van der Waals surface area contributed by atoms with Crippen molar-refractivity contribution in [3.8, 4) is 0 Å². The Morgan fingerprint density at radius 1 is 1.50 bits per heavy atom. The molecule has 0 aliphatic carbocycles. The van der Waals surface area contributed by atoms with E-state index in [1.807, 2.05) is 19.1 Å². The Labute approximate surface area is 71.7 Å². The molecular weight excluding hydrogens is 154 g/mol. The third-order valence-corrected chi connectivity index (χ3v) is 2.03. The van der Waals surface area contributed by atoms with Gasteiger partial charge in [-0.2, -0.15) is 0 Å². The number of hydrogen-bond donors (Lipinski definition) is 1. The van der Waals surface area contributed by atoms with Gasteiger partial charge in [-0.25, -0.2) is 0 Å². The maximum absolute atomic E-state index is 5.48. The van der Waals surface area contributed by atoms with Crippen molar-refractivity contribution in [2.45, 2.75) is 13.0 Å². The maximum Gasteiger partial charge on any atom is 0.123 e. The lowest BCUT2D eigenvalue weighted by molar-refractivity contribution is 0.0696. The summed E-state index contributed by atoms with van der Waals surface area (Å²) in [7, 11) is 0. The topological polar surface area (TPSA) is 34.4 Å². The summed E-state index contributed by atoms with van der Waals surface area (Å²) in [5, 5.41) is 3.33. The van der Waals surface area contributed by atoms with E-state index in [1.54, 1.807) is 0 Å². The minimum absolute atomic E-state index is 0.243. The van der Waals surface area contributed by atoms with Crippen LogP contribution in [0, 0.1) is 6.92 Å². The van der Waals surface area contributed by atoms with E-state index in [0.29, 0.717) is 6.61 Å². The second-order valence-corrected chi connectivity index (χ2v) is 3.03. The lowest BCUT2D eigenvalue weighted by atomic mass is 10.2. The minimum atomic E-state index is 0.243. The fraction of sp³-hybridized carbons (Fsp3) is 0.556. The molecular formula is C9H13NO2. The van der Waals surface area contributed by atoms with E-state index < -0.39 is 0 Å². The lowest BCUT2D eigenvalue weighted by Gasteiger charge is -2.21. The first-order valence-corrected chi connectivity index (χ1v) is 4.24. The summed E-state index contributed by atoms with van der Waals surface area (Å²) < 4.78 is 10.8. The number of morpholine rings is 1. The van der Waals surface area contributed by atoms with Crippen molar-refractivity contribution in [3.63, 3.8) is 0 Å². The van der Waals surface area contributed by atoms with Crippen LogP contribution in [0.2, 0.25) is 0 Å². The minimum Gasteiger partial charge on any atom is -0.465 e. The average molecular weight is 167 g/mol. The van der Waals surface area contributed by atoms with Gasteiger partial charge in [0.05, 0.1) is 19.3 Å². The summed E-state index contributed by atoms with van der Waals surface area (Å²) >= 11 is 0. The third kappa shape index (κ3) is 1.52. The number of hydrogen-bond acceptors (Lipinski definition) is 3. The molecule has 1 aromatic heterocycles. The van der Waals surface area contributed by atoms with Gasteiger partial charge in [0.25, 0.3) is 0 Å². The smallest absolute Gasteiger partial charge is 0.123 e. The fourth-order valence-corrected chi connectivity index (χ4v) is 1.39. The van der Waals surface area contributed by atoms with E-state index in [9.17, 15) is 0 Å². The molecule has 0 spiro atoms. The fourth-order valence-electron chi connectivity index (χ4n) is 1.39. The first-order valence-electron chi connectivity index (χ1n) is 4.24. The quantitative estimate of drug-likeness (QED) is 0.683. The molecule has 3 nitrogen and oxygen atoms in total. The number of aryl methyl sites for hydroxylation is 1. The van der Waals surface area contributed by atoms with Gasteiger partial charge in [0.15, 0.2) is 0 Å². The van der Waals surface area contributed by atoms with Gasteiger partial charge in [0.1, 0.15) is 11.5 Å². The molecule has 1 aromatic rings. The van der Waals surface area contributed by atoms with Gasteiger partial charge in [-0.3, -0.25) is 0 Å². The largest absolute Gasteiger partial charge is 0.465 e. The highest BCUT2D eigenvalue weighted by Crippen LogP contribution is 2.17. The van der Waals surface area contributed by atoms with Crippen LogP contribution in [0.5, 0.6) is 0 Å². The molecule has 0 amide bonds. The second kappa shape index (κ2) is 3.29. The van der Waals surface area contributed by atoms with Crippen molar-refractivity contribution in [2.24, 2.45) is 0 Å². The monoisotopic (exact) mass is 167 g/mol. The molecule has 0 saturated carbocycles. The van der Waals surface area contributed by atoms with Crippen molar-refractivity contribution < 1.29 is 9.15 Å². The number of nitrogens with one attached hydrogen (secondary N) is 1. The van der Waals surface area contributed by atoms with Gasteiger partial charge >= 0.3 is 0 Å². The molecule has 1 aliphatic rings. The van der Waals surface area contributed by atoms with Crippen LogP contribution in [0.3, 0.4) is 0 Å². The van der Waals surface area contributed by atoms with E-state index >= 15 is 0 Å². The van der Waals surface area contributed by atoms with Crippen LogP contribution in [0.15, 0.2) is 16.5 Å². The molecule has 2 heterocycles. The Hall–Kier alpha value is -0.800. The molecule has 66 valence electrons. The summed E-state index contributed by atoms with van der Waals surface area (Å²) in [6.45, 7) is 4.38. The van der Waals surface area contributed by atoms with E-state index in [0.717, 1.165) is 24.7 Å². The summed E-state index contributed by atoms with van der Waals surface area (Å²) in [6.07, 6.45) is 0. The maximum atomic E-state index is 5.48. The van der Waals surface area contributed by atoms with Gasteiger partial charge in [-0.1, -0.05) is 0 Å². The number of ether oxygens (including phenoxy) is 1. The highest BCUT2D eigenvalue weighted by molar-refractivity contribution is 5.10. The zero-order valence-corrected chi connectivity index (χ0v) is 7.17. The molecule has 1 N–H and O–H groups in total. The van der Waals surface area contributed by atoms with Crippen molar-refractivity contribution in [2.75, 3.05) is 19.8 Å². The van der Waals surface area contributed by atoms with Crippen molar-refractivity contribution in [3.05, 3.63) is 23.7 Å². The first kappa shape index (κ1) is 7.83. The zero-order chi connectivity index (χ0) is 8.39. The van der Waals surface area contributed by atoms with E-state index in [1.165, 1.54) is 0 Å². The van der Waals surface area contributed by atoms with Gasteiger partial charge in [0.2, 0.25) is 0 Å². The highest BCUT2D eigenvalue weighted by atomic mass is 16.5. The van der Waals surface area contributed by atoms with Crippen LogP contribution in [0.1, 0.15) is 17.6 Å². The van der Waals surface area contributed by atoms with Gasteiger partial charge in [-0.15, -0.1) is 0 Å². The standard InChI is InChI=1S/C9H13NO2/c1-7-2-3-9(12-7)8-6-11-5-4-10-8/h2-3,8,10H,4-6H2,1H3. The molecule has 0 aromatic carbocycles. The molecule has 12 heavy (non-hydrogen) atoms. The predicted molar refractivity (Wildman–Crippen MR) is 45.0 cm³/mol. The lowest BCUT2D eigenvalue weighted by Crippen LogP contribution is -2.34. The van der Waals surface area contributed by atoms with Crippen LogP contribution < -0.4 is 5.32 Å². The summed E-state index contributed by atoms with van der Waals surface area (Å²) in [5.41, 5.74) is 0. The van der Waals surface area contributed by atoms with Gasteiger partial charge in [-0.05, 0) is 19.1 Å². The van der Waals surface area contributed by atoms with Crippen molar-refractivity contribution in [1.82, 2.24) is 5.32 Å². The molecule has 0 bridgehead atoms. The highest BCUT2D eigenvalue weighted by Gasteiger charge is 2.17. The average Bonchev–Trinajstić information content (AvgIpc) is 2.54. The third-order valence-electron chi connectivity index (χ3n) is 2.03. The van der Waals surface area contributed by atoms with E-state index in [4.69, 9.17) is 9.15 Å². The summed E-state index contributed by atoms with van der Waals surface area (Å²) in [5.74, 6) is 1.93. The normalized spacial score (nSPS) is 24.2. The van der Waals surface area contributed by atoms with E-state index in [2.05, 4.69) is 5.32 Å². The molecule has 1 fully saturated rings. The molecule has 2 rings (SSSR count). The van der Waals surface area contributed by atoms with E-state index in [-0.39, 0.29) is 6.04 Å². The first-order chi connectivity index (χ1) is 5.86. The summed E-state index contributed by atoms with van der Waals surface area (Å²) in [6, 6.07) is 4.22.